The quantitative estimate of drug-likeness (QED) is 0.207. The van der Waals surface area contributed by atoms with E-state index in [2.05, 4.69) is 15.4 Å². The molecule has 0 bridgehead atoms. The van der Waals surface area contributed by atoms with Gasteiger partial charge >= 0.3 is 12.2 Å². The number of nitrogens with zero attached hydrogens (tertiary/aromatic N) is 1. The number of carbonyl (C=O) groups is 5. The van der Waals surface area contributed by atoms with Crippen LogP contribution in [0.5, 0.6) is 0 Å². The zero-order valence-electron chi connectivity index (χ0n) is 20.3. The largest absolute Gasteiger partial charge is 0.422 e. The Kier molecular flexibility index (Phi) is 12.2. The molecule has 0 aromatic rings. The van der Waals surface area contributed by atoms with E-state index < -0.39 is 18.2 Å². The molecule has 0 aromatic carbocycles. The maximum absolute atomic E-state index is 13.0. The van der Waals surface area contributed by atoms with Crippen LogP contribution in [0.2, 0.25) is 0 Å². The van der Waals surface area contributed by atoms with Gasteiger partial charge in [-0.1, -0.05) is 0 Å². The fourth-order valence-corrected chi connectivity index (χ4v) is 4.24. The molecule has 2 rings (SSSR count). The van der Waals surface area contributed by atoms with Crippen molar-refractivity contribution in [1.29, 1.82) is 0 Å². The first kappa shape index (κ1) is 28.2. The van der Waals surface area contributed by atoms with E-state index in [4.69, 9.17) is 14.2 Å². The Morgan fingerprint density at radius 2 is 1.54 bits per heavy atom. The fourth-order valence-electron chi connectivity index (χ4n) is 4.24. The highest BCUT2D eigenvalue weighted by molar-refractivity contribution is 6.13. The molecule has 1 unspecified atom stereocenters. The number of ketones is 1. The molecular formula is C23H35N3O9. The third kappa shape index (κ3) is 9.65. The van der Waals surface area contributed by atoms with Crippen LogP contribution in [0.4, 0.5) is 9.59 Å². The van der Waals surface area contributed by atoms with E-state index >= 15 is 0 Å². The highest BCUT2D eigenvalue weighted by Crippen LogP contribution is 2.31. The summed E-state index contributed by atoms with van der Waals surface area (Å²) in [6.45, 7) is -0.0170. The molecule has 12 heteroatoms. The number of imide groups is 1. The van der Waals surface area contributed by atoms with E-state index in [1.54, 1.807) is 0 Å². The molecule has 196 valence electrons. The molecule has 0 saturated heterocycles. The van der Waals surface area contributed by atoms with Crippen LogP contribution in [0.3, 0.4) is 0 Å². The molecule has 12 nitrogen and oxygen atoms in total. The van der Waals surface area contributed by atoms with Gasteiger partial charge < -0.3 is 29.6 Å². The van der Waals surface area contributed by atoms with Crippen LogP contribution in [-0.4, -0.2) is 81.1 Å². The first-order valence-electron chi connectivity index (χ1n) is 11.8. The predicted octanol–water partition coefficient (Wildman–Crippen LogP) is 1.63. The van der Waals surface area contributed by atoms with Gasteiger partial charge in [-0.05, 0) is 50.9 Å². The van der Waals surface area contributed by atoms with Crippen molar-refractivity contribution in [3.8, 4) is 0 Å². The number of amides is 4. The molecule has 1 saturated carbocycles. The average molecular weight is 498 g/mol. The van der Waals surface area contributed by atoms with Gasteiger partial charge in [-0.15, -0.1) is 0 Å². The van der Waals surface area contributed by atoms with Gasteiger partial charge in [0.2, 0.25) is 0 Å². The van der Waals surface area contributed by atoms with Crippen LogP contribution in [-0.2, 0) is 33.3 Å². The van der Waals surface area contributed by atoms with Crippen molar-refractivity contribution in [2.75, 3.05) is 34.4 Å². The van der Waals surface area contributed by atoms with E-state index in [0.717, 1.165) is 0 Å². The molecule has 1 fully saturated rings. The predicted molar refractivity (Wildman–Crippen MR) is 122 cm³/mol. The van der Waals surface area contributed by atoms with Crippen molar-refractivity contribution in [2.24, 2.45) is 5.92 Å². The number of alkyl carbamates (subject to hydrolysis) is 2. The molecule has 2 N–H and O–H groups in total. The maximum Gasteiger partial charge on any atom is 0.409 e. The third-order valence-electron chi connectivity index (χ3n) is 6.00. The monoisotopic (exact) mass is 497 g/mol. The number of ether oxygens (including phenoxy) is 4. The number of hydrogen-bond acceptors (Lipinski definition) is 9. The molecule has 1 atom stereocenters. The van der Waals surface area contributed by atoms with Crippen molar-refractivity contribution in [2.45, 2.75) is 63.5 Å². The van der Waals surface area contributed by atoms with Crippen LogP contribution >= 0.6 is 0 Å². The molecule has 1 heterocycles. The Morgan fingerprint density at radius 3 is 2.14 bits per heavy atom. The van der Waals surface area contributed by atoms with Gasteiger partial charge in [0.1, 0.15) is 0 Å². The van der Waals surface area contributed by atoms with Crippen LogP contribution < -0.4 is 10.6 Å². The molecule has 35 heavy (non-hydrogen) atoms. The lowest BCUT2D eigenvalue weighted by Gasteiger charge is -2.33. The van der Waals surface area contributed by atoms with Gasteiger partial charge in [0.25, 0.3) is 11.8 Å². The molecule has 1 aliphatic carbocycles. The summed E-state index contributed by atoms with van der Waals surface area (Å²) in [6.07, 6.45) is 5.77. The van der Waals surface area contributed by atoms with Crippen molar-refractivity contribution >= 4 is 29.8 Å². The maximum atomic E-state index is 13.0. The SMILES string of the molecule is COCOC(=O)NCCCCC(NC(=O)OCOC)C(=O)CC1CCC(N2C(=O)C=CC2=O)CC1. The van der Waals surface area contributed by atoms with Crippen molar-refractivity contribution < 1.29 is 42.9 Å². The average Bonchev–Trinajstić information content (AvgIpc) is 3.18. The Balaban J connectivity index is 1.80. The summed E-state index contributed by atoms with van der Waals surface area (Å²) in [4.78, 5) is 61.6. The summed E-state index contributed by atoms with van der Waals surface area (Å²) in [5.74, 6) is -0.564. The van der Waals surface area contributed by atoms with Crippen molar-refractivity contribution in [1.82, 2.24) is 15.5 Å². The van der Waals surface area contributed by atoms with Crippen molar-refractivity contribution in [3.63, 3.8) is 0 Å². The second kappa shape index (κ2) is 15.1. The lowest BCUT2D eigenvalue weighted by molar-refractivity contribution is -0.140. The van der Waals surface area contributed by atoms with E-state index in [-0.39, 0.29) is 49.6 Å². The summed E-state index contributed by atoms with van der Waals surface area (Å²) in [5.41, 5.74) is 0. The number of Topliss-reactive ketones (excluding diaryl/α,β-unsaturated/α-hetero) is 1. The van der Waals surface area contributed by atoms with E-state index in [1.165, 1.54) is 31.3 Å². The van der Waals surface area contributed by atoms with Crippen LogP contribution in [0.1, 0.15) is 51.4 Å². The first-order valence-corrected chi connectivity index (χ1v) is 11.8. The number of hydrogen-bond donors (Lipinski definition) is 2. The lowest BCUT2D eigenvalue weighted by Crippen LogP contribution is -2.44. The zero-order valence-corrected chi connectivity index (χ0v) is 20.3. The van der Waals surface area contributed by atoms with Gasteiger partial charge in [0, 0.05) is 45.4 Å². The summed E-state index contributed by atoms with van der Waals surface area (Å²) in [6, 6.07) is -0.874. The van der Waals surface area contributed by atoms with Crippen LogP contribution in [0.15, 0.2) is 12.2 Å². The smallest absolute Gasteiger partial charge is 0.409 e. The number of methoxy groups -OCH3 is 2. The highest BCUT2D eigenvalue weighted by atomic mass is 16.7. The Labute approximate surface area is 204 Å². The van der Waals surface area contributed by atoms with Gasteiger partial charge in [0.15, 0.2) is 19.4 Å². The molecule has 0 spiro atoms. The van der Waals surface area contributed by atoms with E-state index in [1.807, 2.05) is 0 Å². The minimum Gasteiger partial charge on any atom is -0.422 e. The summed E-state index contributed by atoms with van der Waals surface area (Å²) in [5, 5.41) is 5.19. The van der Waals surface area contributed by atoms with Crippen LogP contribution in [0, 0.1) is 5.92 Å². The van der Waals surface area contributed by atoms with Crippen LogP contribution in [0.25, 0.3) is 0 Å². The normalized spacial score (nSPS) is 20.5. The van der Waals surface area contributed by atoms with E-state index in [0.29, 0.717) is 51.5 Å². The van der Waals surface area contributed by atoms with Crippen molar-refractivity contribution in [3.05, 3.63) is 12.2 Å². The summed E-state index contributed by atoms with van der Waals surface area (Å²) < 4.78 is 19.0. The Hall–Kier alpha value is -2.99. The number of carbonyl (C=O) groups excluding carboxylic acids is 5. The Bertz CT molecular complexity index is 760. The molecule has 2 aliphatic rings. The third-order valence-corrected chi connectivity index (χ3v) is 6.00. The molecule has 4 amide bonds. The van der Waals surface area contributed by atoms with Gasteiger partial charge in [-0.25, -0.2) is 9.59 Å². The summed E-state index contributed by atoms with van der Waals surface area (Å²) >= 11 is 0. The van der Waals surface area contributed by atoms with Gasteiger partial charge in [-0.2, -0.15) is 0 Å². The lowest BCUT2D eigenvalue weighted by atomic mass is 9.81. The first-order chi connectivity index (χ1) is 16.8. The zero-order chi connectivity index (χ0) is 25.6. The van der Waals surface area contributed by atoms with E-state index in [9.17, 15) is 24.0 Å². The molecule has 0 aromatic heterocycles. The molecule has 1 aliphatic heterocycles. The standard InChI is InChI=1S/C23H35N3O9/c1-32-14-34-22(30)24-12-4-3-5-18(25-23(31)35-15-33-2)19(27)13-16-6-8-17(9-7-16)26-20(28)10-11-21(26)29/h10-11,16-18H,3-9,12-15H2,1-2H3,(H,24,30)(H,25,31). The second-order valence-electron chi connectivity index (χ2n) is 8.52. The molecule has 0 radical (unpaired) electrons. The number of nitrogens with one attached hydrogen (secondary N) is 2. The topological polar surface area (TPSA) is 150 Å². The Morgan fingerprint density at radius 1 is 0.943 bits per heavy atom. The minimum absolute atomic E-state index is 0.106. The number of unbranched alkanes of at least 4 members (excludes halogenated alkanes) is 1. The van der Waals surface area contributed by atoms with Gasteiger partial charge in [-0.3, -0.25) is 19.3 Å². The summed E-state index contributed by atoms with van der Waals surface area (Å²) in [7, 11) is 2.80. The second-order valence-corrected chi connectivity index (χ2v) is 8.52. The minimum atomic E-state index is -0.742. The fraction of sp³-hybridized carbons (Fsp3) is 0.696. The van der Waals surface area contributed by atoms with Gasteiger partial charge in [0.05, 0.1) is 6.04 Å². The number of rotatable bonds is 14. The highest BCUT2D eigenvalue weighted by Gasteiger charge is 2.35. The molecular weight excluding hydrogens is 462 g/mol.